The Morgan fingerprint density at radius 2 is 1.67 bits per heavy atom. The molecule has 0 rings (SSSR count). The van der Waals surface area contributed by atoms with E-state index in [0.29, 0.717) is 0 Å². The molecule has 0 amide bonds. The van der Waals surface area contributed by atoms with E-state index in [1.165, 1.54) is 0 Å². The first kappa shape index (κ1) is 16.7. The molecule has 9 heavy (non-hydrogen) atoms. The normalized spacial score (nSPS) is 9.33. The van der Waals surface area contributed by atoms with Crippen LogP contribution in [0.4, 0.5) is 0 Å². The van der Waals surface area contributed by atoms with Gasteiger partial charge in [-0.05, 0) is 0 Å². The van der Waals surface area contributed by atoms with Gasteiger partial charge in [-0.25, -0.2) is 0 Å². The maximum absolute atomic E-state index is 8.39. The summed E-state index contributed by atoms with van der Waals surface area (Å²) in [7, 11) is 6.16. The summed E-state index contributed by atoms with van der Waals surface area (Å²) in [6.45, 7) is 1.11. The fourth-order valence-electron chi connectivity index (χ4n) is 0.300. The Morgan fingerprint density at radius 1 is 1.33 bits per heavy atom. The number of likely N-dealkylation sites (N-methyl/N-ethyl adjacent to an activating group) is 1. The van der Waals surface area contributed by atoms with E-state index in [-0.39, 0.29) is 47.5 Å². The van der Waals surface area contributed by atoms with E-state index >= 15 is 0 Å². The molecule has 2 nitrogen and oxygen atoms in total. The number of hydrogen-bond acceptors (Lipinski definition) is 1. The fourth-order valence-corrected chi connectivity index (χ4v) is 0.300. The average Bonchev–Trinajstić information content (AvgIpc) is 1.30. The molecule has 0 radical (unpaired) electrons. The van der Waals surface area contributed by atoms with Gasteiger partial charge in [-0.2, -0.15) is 9.90 Å². The number of aliphatic hydroxyl groups excluding tert-OH is 1. The second-order valence-corrected chi connectivity index (χ2v) is 2.74. The molecule has 0 aromatic rings. The molecule has 54 valence electrons. The minimum absolute atomic E-state index is 0. The third kappa shape index (κ3) is 17.6. The zero-order valence-electron chi connectivity index (χ0n) is 8.02. The molecule has 0 heterocycles. The van der Waals surface area contributed by atoms with Gasteiger partial charge in [0.25, 0.3) is 0 Å². The first-order chi connectivity index (χ1) is 3.06. The molecule has 0 aliphatic heterocycles. The Hall–Kier alpha value is 1.35. The maximum atomic E-state index is 8.39. The van der Waals surface area contributed by atoms with Crippen LogP contribution in [0.2, 0.25) is 0 Å². The smallest absolute Gasteiger partial charge is 1.00 e. The van der Waals surface area contributed by atoms with Gasteiger partial charge >= 0.3 is 29.6 Å². The van der Waals surface area contributed by atoms with Crippen molar-refractivity contribution >= 4 is 9.90 Å². The molecule has 1 atom stereocenters. The molecule has 1 unspecified atom stereocenters. The first-order valence-corrected chi connectivity index (χ1v) is 2.47. The van der Waals surface area contributed by atoms with Crippen LogP contribution in [0.25, 0.3) is 0 Å². The van der Waals surface area contributed by atoms with Crippen molar-refractivity contribution in [3.8, 4) is 0 Å². The summed E-state index contributed by atoms with van der Waals surface area (Å²) in [4.78, 5) is 0. The summed E-state index contributed by atoms with van der Waals surface area (Å²) >= 11 is 0. The van der Waals surface area contributed by atoms with Crippen molar-refractivity contribution in [2.45, 2.75) is 0 Å². The third-order valence-electron chi connectivity index (χ3n) is 0.771. The van der Waals surface area contributed by atoms with Crippen molar-refractivity contribution in [2.75, 3.05) is 34.3 Å². The summed E-state index contributed by atoms with van der Waals surface area (Å²) in [6.07, 6.45) is 0. The van der Waals surface area contributed by atoms with Crippen LogP contribution in [0.5, 0.6) is 0 Å². The van der Waals surface area contributed by atoms with E-state index in [1.807, 2.05) is 0 Å². The van der Waals surface area contributed by atoms with Gasteiger partial charge in [0.1, 0.15) is 6.54 Å². The van der Waals surface area contributed by atoms with E-state index in [4.69, 9.17) is 5.11 Å². The summed E-state index contributed by atoms with van der Waals surface area (Å²) in [5.41, 5.74) is 0. The molecule has 1 N–H and O–H groups in total. The summed E-state index contributed by atoms with van der Waals surface area (Å²) in [6, 6.07) is 0. The van der Waals surface area contributed by atoms with Crippen LogP contribution in [0.1, 0.15) is 1.43 Å². The van der Waals surface area contributed by atoms with Gasteiger partial charge in [-0.15, -0.1) is 0 Å². The molecular weight excluding hydrogens is 144 g/mol. The van der Waals surface area contributed by atoms with Crippen LogP contribution in [0.3, 0.4) is 0 Å². The maximum Gasteiger partial charge on any atom is 1.00 e. The van der Waals surface area contributed by atoms with Gasteiger partial charge < -0.3 is 11.0 Å². The predicted octanol–water partition coefficient (Wildman–Crippen LogP) is -3.14. The molecule has 0 fully saturated rings. The van der Waals surface area contributed by atoms with E-state index < -0.39 is 0 Å². The predicted molar refractivity (Wildman–Crippen MR) is 42.2 cm³/mol. The zero-order chi connectivity index (χ0) is 5.91. The average molecular weight is 162 g/mol. The molecule has 0 saturated heterocycles. The van der Waals surface area contributed by atoms with Gasteiger partial charge in [0.15, 0.2) is 0 Å². The van der Waals surface area contributed by atoms with Crippen LogP contribution in [0, 0.1) is 0 Å². The summed E-state index contributed by atoms with van der Waals surface area (Å²) < 4.78 is 0.844. The molecule has 4 heteroatoms. The van der Waals surface area contributed by atoms with Crippen molar-refractivity contribution in [1.29, 1.82) is 0 Å². The van der Waals surface area contributed by atoms with Gasteiger partial charge in [0.05, 0.1) is 27.7 Å². The van der Waals surface area contributed by atoms with E-state index in [1.54, 1.807) is 0 Å². The van der Waals surface area contributed by atoms with Crippen molar-refractivity contribution < 1.29 is 40.6 Å². The van der Waals surface area contributed by atoms with Crippen LogP contribution in [0.15, 0.2) is 0 Å². The van der Waals surface area contributed by atoms with Gasteiger partial charge in [-0.1, -0.05) is 0 Å². The quantitative estimate of drug-likeness (QED) is 0.258. The first-order valence-electron chi connectivity index (χ1n) is 2.47. The summed E-state index contributed by atoms with van der Waals surface area (Å²) in [5, 5.41) is 8.39. The van der Waals surface area contributed by atoms with Crippen LogP contribution in [-0.2, 0) is 0 Å². The topological polar surface area (TPSA) is 20.2 Å². The molecule has 0 aliphatic carbocycles. The Kier molecular flexibility index (Phi) is 13.9. The van der Waals surface area contributed by atoms with Crippen molar-refractivity contribution in [2.24, 2.45) is 0 Å². The minimum atomic E-state index is 0. The Bertz CT molecular complexity index is 60.1. The van der Waals surface area contributed by atoms with Crippen LogP contribution >= 0.6 is 9.90 Å². The number of rotatable bonds is 2. The van der Waals surface area contributed by atoms with Crippen molar-refractivity contribution in [3.63, 3.8) is 0 Å². The number of hydrogen-bond donors (Lipinski definition) is 1. The van der Waals surface area contributed by atoms with Crippen molar-refractivity contribution in [3.05, 3.63) is 0 Å². The minimum Gasteiger partial charge on any atom is -1.00 e. The molecule has 0 saturated carbocycles. The SMILES string of the molecule is C[N+](C)(C)CCO.P.[H-].[Na+]. The van der Waals surface area contributed by atoms with Gasteiger partial charge in [0, 0.05) is 0 Å². The molecule has 0 aromatic carbocycles. The Morgan fingerprint density at radius 3 is 1.67 bits per heavy atom. The van der Waals surface area contributed by atoms with Gasteiger partial charge in [0.2, 0.25) is 0 Å². The second-order valence-electron chi connectivity index (χ2n) is 2.74. The zero-order valence-corrected chi connectivity index (χ0v) is 10.4. The molecule has 0 spiro atoms. The Balaban J connectivity index is -0.0000000600. The summed E-state index contributed by atoms with van der Waals surface area (Å²) in [5.74, 6) is 0. The van der Waals surface area contributed by atoms with Crippen LogP contribution in [-0.4, -0.2) is 43.9 Å². The molecule has 0 aromatic heterocycles. The fraction of sp³-hybridized carbons (Fsp3) is 1.00. The monoisotopic (exact) mass is 162 g/mol. The Labute approximate surface area is 84.6 Å². The van der Waals surface area contributed by atoms with Crippen molar-refractivity contribution in [1.82, 2.24) is 0 Å². The standard InChI is InChI=1S/C5H14NO.Na.H3P.H/c1-6(2,3)4-5-7;;;/h7H,4-5H2,1-3H3;;1H3;/q2*+1;;-1. The van der Waals surface area contributed by atoms with E-state index in [9.17, 15) is 0 Å². The number of quaternary nitrogens is 1. The molecular formula is C5H18NNaOP+. The number of nitrogens with zero attached hydrogens (tertiary/aromatic N) is 1. The largest absolute Gasteiger partial charge is 1.00 e. The molecule has 0 aliphatic rings. The third-order valence-corrected chi connectivity index (χ3v) is 0.771. The van der Waals surface area contributed by atoms with Crippen LogP contribution < -0.4 is 29.6 Å². The van der Waals surface area contributed by atoms with Gasteiger partial charge in [-0.3, -0.25) is 0 Å². The van der Waals surface area contributed by atoms with E-state index in [2.05, 4.69) is 21.1 Å². The second kappa shape index (κ2) is 7.46. The van der Waals surface area contributed by atoms with E-state index in [0.717, 1.165) is 11.0 Å². The number of aliphatic hydroxyl groups is 1. The molecule has 0 bridgehead atoms.